The summed E-state index contributed by atoms with van der Waals surface area (Å²) >= 11 is 0. The first-order valence-electron chi connectivity index (χ1n) is 8.26. The fourth-order valence-corrected chi connectivity index (χ4v) is 3.42. The highest BCUT2D eigenvalue weighted by Crippen LogP contribution is 2.17. The van der Waals surface area contributed by atoms with Crippen molar-refractivity contribution in [1.29, 1.82) is 0 Å². The Labute approximate surface area is 159 Å². The van der Waals surface area contributed by atoms with E-state index in [-0.39, 0.29) is 16.7 Å². The molecule has 0 aliphatic carbocycles. The summed E-state index contributed by atoms with van der Waals surface area (Å²) in [7, 11) is 2.48. The van der Waals surface area contributed by atoms with Crippen molar-refractivity contribution >= 4 is 21.8 Å². The Kier molecular flexibility index (Phi) is 6.35. The second-order valence-electron chi connectivity index (χ2n) is 6.25. The van der Waals surface area contributed by atoms with Crippen molar-refractivity contribution in [3.63, 3.8) is 0 Å². The number of amides is 2. The van der Waals surface area contributed by atoms with Gasteiger partial charge < -0.3 is 10.2 Å². The Morgan fingerprint density at radius 3 is 2.15 bits per heavy atom. The number of hydrogen-bond acceptors (Lipinski definition) is 4. The van der Waals surface area contributed by atoms with E-state index in [1.54, 1.807) is 50.5 Å². The molecular weight excluding hydrogens is 366 g/mol. The molecule has 2 aromatic rings. The molecule has 0 bridgehead atoms. The van der Waals surface area contributed by atoms with Crippen LogP contribution in [0.4, 0.5) is 0 Å². The summed E-state index contributed by atoms with van der Waals surface area (Å²) in [6.45, 7) is 0.331. The van der Waals surface area contributed by atoms with Crippen LogP contribution >= 0.6 is 0 Å². The van der Waals surface area contributed by atoms with Crippen molar-refractivity contribution in [1.82, 2.24) is 14.5 Å². The molecule has 0 saturated carbocycles. The van der Waals surface area contributed by atoms with E-state index in [0.717, 1.165) is 9.87 Å². The fraction of sp³-hybridized carbons (Fsp3) is 0.263. The van der Waals surface area contributed by atoms with Crippen LogP contribution in [0.2, 0.25) is 0 Å². The zero-order valence-corrected chi connectivity index (χ0v) is 16.6. The molecule has 0 atom stereocenters. The first kappa shape index (κ1) is 20.6. The summed E-state index contributed by atoms with van der Waals surface area (Å²) in [6.07, 6.45) is 0. The molecule has 8 heteroatoms. The van der Waals surface area contributed by atoms with E-state index in [1.165, 1.54) is 31.1 Å². The second kappa shape index (κ2) is 8.32. The topological polar surface area (TPSA) is 86.8 Å². The van der Waals surface area contributed by atoms with E-state index in [1.807, 2.05) is 0 Å². The average Bonchev–Trinajstić information content (AvgIpc) is 2.67. The van der Waals surface area contributed by atoms with Gasteiger partial charge >= 0.3 is 0 Å². The number of benzene rings is 2. The lowest BCUT2D eigenvalue weighted by Gasteiger charge is -2.18. The molecule has 0 radical (unpaired) electrons. The van der Waals surface area contributed by atoms with E-state index in [0.29, 0.717) is 17.7 Å². The van der Waals surface area contributed by atoms with Crippen molar-refractivity contribution in [2.24, 2.45) is 0 Å². The summed E-state index contributed by atoms with van der Waals surface area (Å²) in [5.41, 5.74) is 1.69. The molecule has 1 N–H and O–H groups in total. The smallest absolute Gasteiger partial charge is 0.253 e. The predicted octanol–water partition coefficient (Wildman–Crippen LogP) is 1.57. The molecule has 0 aliphatic rings. The molecule has 0 aromatic heterocycles. The molecule has 0 unspecified atom stereocenters. The van der Waals surface area contributed by atoms with Crippen LogP contribution in [0.1, 0.15) is 26.3 Å². The van der Waals surface area contributed by atoms with Crippen LogP contribution in [0.15, 0.2) is 53.4 Å². The lowest BCUT2D eigenvalue weighted by molar-refractivity contribution is 0.0784. The van der Waals surface area contributed by atoms with Gasteiger partial charge in [0, 0.05) is 45.9 Å². The summed E-state index contributed by atoms with van der Waals surface area (Å²) in [5, 5.41) is 2.55. The Hall–Kier alpha value is -2.71. The lowest BCUT2D eigenvalue weighted by atomic mass is 10.1. The minimum Gasteiger partial charge on any atom is -0.355 e. The third-order valence-corrected chi connectivity index (χ3v) is 5.88. The number of carbonyl (C=O) groups excluding carboxylic acids is 2. The minimum atomic E-state index is -3.61. The quantitative estimate of drug-likeness (QED) is 0.812. The van der Waals surface area contributed by atoms with E-state index in [9.17, 15) is 18.0 Å². The highest BCUT2D eigenvalue weighted by Gasteiger charge is 2.20. The number of nitrogens with one attached hydrogen (secondary N) is 1. The zero-order valence-electron chi connectivity index (χ0n) is 15.8. The van der Waals surface area contributed by atoms with Crippen LogP contribution in [0.3, 0.4) is 0 Å². The SMILES string of the molecule is CNC(=O)c1ccc(CN(C)C(=O)c2cccc(S(=O)(=O)N(C)C)c2)cc1. The summed E-state index contributed by atoms with van der Waals surface area (Å²) in [6, 6.07) is 12.9. The van der Waals surface area contributed by atoms with Gasteiger partial charge in [0.15, 0.2) is 0 Å². The Morgan fingerprint density at radius 2 is 1.59 bits per heavy atom. The maximum atomic E-state index is 12.7. The van der Waals surface area contributed by atoms with E-state index < -0.39 is 10.0 Å². The second-order valence-corrected chi connectivity index (χ2v) is 8.40. The third kappa shape index (κ3) is 4.72. The van der Waals surface area contributed by atoms with Gasteiger partial charge in [0.2, 0.25) is 10.0 Å². The predicted molar refractivity (Wildman–Crippen MR) is 103 cm³/mol. The van der Waals surface area contributed by atoms with Crippen LogP contribution in [0.25, 0.3) is 0 Å². The molecular formula is C19H23N3O4S. The van der Waals surface area contributed by atoms with E-state index in [2.05, 4.69) is 5.32 Å². The molecule has 0 fully saturated rings. The Morgan fingerprint density at radius 1 is 0.963 bits per heavy atom. The number of hydrogen-bond donors (Lipinski definition) is 1. The number of sulfonamides is 1. The largest absolute Gasteiger partial charge is 0.355 e. The molecule has 144 valence electrons. The van der Waals surface area contributed by atoms with Gasteiger partial charge in [-0.3, -0.25) is 9.59 Å². The maximum Gasteiger partial charge on any atom is 0.253 e. The van der Waals surface area contributed by atoms with Gasteiger partial charge in [-0.2, -0.15) is 0 Å². The molecule has 0 aliphatic heterocycles. The van der Waals surface area contributed by atoms with Gasteiger partial charge in [0.25, 0.3) is 11.8 Å². The molecule has 2 aromatic carbocycles. The minimum absolute atomic E-state index is 0.0710. The summed E-state index contributed by atoms with van der Waals surface area (Å²) in [4.78, 5) is 25.8. The third-order valence-electron chi connectivity index (χ3n) is 4.07. The number of rotatable bonds is 6. The van der Waals surface area contributed by atoms with E-state index >= 15 is 0 Å². The van der Waals surface area contributed by atoms with Crippen molar-refractivity contribution in [3.05, 3.63) is 65.2 Å². The van der Waals surface area contributed by atoms with Crippen molar-refractivity contribution < 1.29 is 18.0 Å². The van der Waals surface area contributed by atoms with Gasteiger partial charge in [-0.1, -0.05) is 18.2 Å². The maximum absolute atomic E-state index is 12.7. The highest BCUT2D eigenvalue weighted by molar-refractivity contribution is 7.89. The summed E-state index contributed by atoms with van der Waals surface area (Å²) < 4.78 is 25.6. The van der Waals surface area contributed by atoms with Crippen molar-refractivity contribution in [3.8, 4) is 0 Å². The van der Waals surface area contributed by atoms with Crippen LogP contribution in [-0.2, 0) is 16.6 Å². The van der Waals surface area contributed by atoms with Crippen molar-refractivity contribution in [2.75, 3.05) is 28.2 Å². The van der Waals surface area contributed by atoms with Crippen molar-refractivity contribution in [2.45, 2.75) is 11.4 Å². The standard InChI is InChI=1S/C19H23N3O4S/c1-20-18(23)15-10-8-14(9-11-15)13-22(4)19(24)16-6-5-7-17(12-16)27(25,26)21(2)3/h5-12H,13H2,1-4H3,(H,20,23). The van der Waals surface area contributed by atoms with Crippen LogP contribution in [-0.4, -0.2) is 57.6 Å². The molecule has 7 nitrogen and oxygen atoms in total. The molecule has 2 rings (SSSR count). The summed E-state index contributed by atoms with van der Waals surface area (Å²) in [5.74, 6) is -0.467. The van der Waals surface area contributed by atoms with Gasteiger partial charge in [-0.05, 0) is 35.9 Å². The molecule has 2 amide bonds. The highest BCUT2D eigenvalue weighted by atomic mass is 32.2. The van der Waals surface area contributed by atoms with Gasteiger partial charge in [-0.15, -0.1) is 0 Å². The zero-order chi connectivity index (χ0) is 20.2. The molecule has 0 heterocycles. The number of carbonyl (C=O) groups is 2. The fourth-order valence-electron chi connectivity index (χ4n) is 2.47. The Balaban J connectivity index is 2.17. The average molecular weight is 389 g/mol. The van der Waals surface area contributed by atoms with Crippen LogP contribution in [0.5, 0.6) is 0 Å². The molecule has 0 spiro atoms. The Bertz CT molecular complexity index is 938. The van der Waals surface area contributed by atoms with Crippen LogP contribution in [0, 0.1) is 0 Å². The first-order valence-corrected chi connectivity index (χ1v) is 9.70. The lowest BCUT2D eigenvalue weighted by Crippen LogP contribution is -2.27. The molecule has 27 heavy (non-hydrogen) atoms. The van der Waals surface area contributed by atoms with E-state index in [4.69, 9.17) is 0 Å². The molecule has 0 saturated heterocycles. The van der Waals surface area contributed by atoms with Gasteiger partial charge in [-0.25, -0.2) is 12.7 Å². The van der Waals surface area contributed by atoms with Crippen LogP contribution < -0.4 is 5.32 Å². The number of nitrogens with zero attached hydrogens (tertiary/aromatic N) is 2. The van der Waals surface area contributed by atoms with Gasteiger partial charge in [0.1, 0.15) is 0 Å². The normalized spacial score (nSPS) is 11.3. The monoisotopic (exact) mass is 389 g/mol. The van der Waals surface area contributed by atoms with Gasteiger partial charge in [0.05, 0.1) is 4.90 Å². The first-order chi connectivity index (χ1) is 12.7.